The molecule has 0 radical (unpaired) electrons. The van der Waals surface area contributed by atoms with Crippen LogP contribution >= 0.6 is 0 Å². The third-order valence-corrected chi connectivity index (χ3v) is 3.32. The van der Waals surface area contributed by atoms with Crippen molar-refractivity contribution >= 4 is 23.5 Å². The van der Waals surface area contributed by atoms with Crippen molar-refractivity contribution in [1.82, 2.24) is 0 Å². The Hall–Kier alpha value is -2.69. The Balaban J connectivity index is 1.93. The summed E-state index contributed by atoms with van der Waals surface area (Å²) in [6.45, 7) is 4.40. The van der Waals surface area contributed by atoms with Crippen LogP contribution in [0.3, 0.4) is 0 Å². The van der Waals surface area contributed by atoms with Gasteiger partial charge in [-0.3, -0.25) is 4.79 Å². The number of nitrogens with zero attached hydrogens (tertiary/aromatic N) is 3. The SMILES string of the molecule is CCN1C(=O)/C(=N/N=C\c2ccc(C)o2)c2ccccc21. The molecule has 0 atom stereocenters. The molecule has 0 saturated heterocycles. The van der Waals surface area contributed by atoms with Crippen molar-refractivity contribution < 1.29 is 9.21 Å². The first-order valence-corrected chi connectivity index (χ1v) is 6.79. The summed E-state index contributed by atoms with van der Waals surface area (Å²) in [6, 6.07) is 11.3. The van der Waals surface area contributed by atoms with Gasteiger partial charge in [0.2, 0.25) is 0 Å². The van der Waals surface area contributed by atoms with Crippen molar-refractivity contribution in [2.24, 2.45) is 10.2 Å². The molecule has 3 rings (SSSR count). The number of carbonyl (C=O) groups is 1. The maximum absolute atomic E-state index is 12.3. The molecule has 0 unspecified atom stereocenters. The Morgan fingerprint density at radius 2 is 2.05 bits per heavy atom. The maximum Gasteiger partial charge on any atom is 0.279 e. The summed E-state index contributed by atoms with van der Waals surface area (Å²) in [7, 11) is 0. The van der Waals surface area contributed by atoms with Crippen molar-refractivity contribution in [3.05, 3.63) is 53.5 Å². The van der Waals surface area contributed by atoms with E-state index in [1.165, 1.54) is 6.21 Å². The van der Waals surface area contributed by atoms with Gasteiger partial charge in [0.15, 0.2) is 5.71 Å². The Kier molecular flexibility index (Phi) is 3.39. The number of fused-ring (bicyclic) bond motifs is 1. The van der Waals surface area contributed by atoms with Crippen LogP contribution < -0.4 is 4.90 Å². The Labute approximate surface area is 122 Å². The van der Waals surface area contributed by atoms with Gasteiger partial charge in [-0.25, -0.2) is 0 Å². The standard InChI is InChI=1S/C16H15N3O2/c1-3-19-14-7-5-4-6-13(14)15(16(19)20)18-17-10-12-9-8-11(2)21-12/h4-10H,3H2,1-2H3/b17-10-,18-15+. The van der Waals surface area contributed by atoms with E-state index in [-0.39, 0.29) is 5.91 Å². The van der Waals surface area contributed by atoms with Crippen LogP contribution in [0.4, 0.5) is 5.69 Å². The molecule has 2 heterocycles. The summed E-state index contributed by atoms with van der Waals surface area (Å²) in [5.41, 5.74) is 2.07. The van der Waals surface area contributed by atoms with Gasteiger partial charge in [-0.2, -0.15) is 5.10 Å². The summed E-state index contributed by atoms with van der Waals surface area (Å²) >= 11 is 0. The fraction of sp³-hybridized carbons (Fsp3) is 0.188. The number of furan rings is 1. The average molecular weight is 281 g/mol. The maximum atomic E-state index is 12.3. The molecule has 1 aromatic carbocycles. The first-order valence-electron chi connectivity index (χ1n) is 6.79. The van der Waals surface area contributed by atoms with E-state index in [0.717, 1.165) is 17.0 Å². The molecule has 0 fully saturated rings. The second-order valence-corrected chi connectivity index (χ2v) is 4.71. The number of anilines is 1. The van der Waals surface area contributed by atoms with Crippen LogP contribution in [-0.2, 0) is 4.79 Å². The minimum atomic E-state index is -0.119. The fourth-order valence-electron chi connectivity index (χ4n) is 2.34. The van der Waals surface area contributed by atoms with Gasteiger partial charge in [0.05, 0.1) is 11.9 Å². The Bertz CT molecular complexity index is 743. The highest BCUT2D eigenvalue weighted by Gasteiger charge is 2.32. The van der Waals surface area contributed by atoms with Crippen molar-refractivity contribution in [2.75, 3.05) is 11.4 Å². The molecular formula is C16H15N3O2. The lowest BCUT2D eigenvalue weighted by atomic mass is 10.1. The predicted octanol–water partition coefficient (Wildman–Crippen LogP) is 2.78. The number of benzene rings is 1. The molecule has 21 heavy (non-hydrogen) atoms. The lowest BCUT2D eigenvalue weighted by Crippen LogP contribution is -2.29. The van der Waals surface area contributed by atoms with Crippen LogP contribution in [0, 0.1) is 6.92 Å². The van der Waals surface area contributed by atoms with Gasteiger partial charge in [-0.1, -0.05) is 18.2 Å². The van der Waals surface area contributed by atoms with Gasteiger partial charge in [0, 0.05) is 12.1 Å². The quantitative estimate of drug-likeness (QED) is 0.641. The number of amides is 1. The molecule has 1 aromatic heterocycles. The lowest BCUT2D eigenvalue weighted by Gasteiger charge is -2.12. The first kappa shape index (κ1) is 13.3. The summed E-state index contributed by atoms with van der Waals surface area (Å²) in [4.78, 5) is 14.0. The number of likely N-dealkylation sites (N-methyl/N-ethyl adjacent to an activating group) is 1. The molecule has 0 bridgehead atoms. The highest BCUT2D eigenvalue weighted by molar-refractivity contribution is 6.54. The van der Waals surface area contributed by atoms with Crippen molar-refractivity contribution in [2.45, 2.75) is 13.8 Å². The zero-order chi connectivity index (χ0) is 14.8. The molecule has 0 spiro atoms. The molecule has 0 aliphatic carbocycles. The smallest absolute Gasteiger partial charge is 0.279 e. The molecule has 1 aliphatic rings. The van der Waals surface area contributed by atoms with Crippen LogP contribution in [0.1, 0.15) is 24.0 Å². The molecule has 5 heteroatoms. The number of para-hydroxylation sites is 1. The van der Waals surface area contributed by atoms with E-state index in [9.17, 15) is 4.79 Å². The largest absolute Gasteiger partial charge is 0.460 e. The Morgan fingerprint density at radius 1 is 1.24 bits per heavy atom. The summed E-state index contributed by atoms with van der Waals surface area (Å²) in [6.07, 6.45) is 1.50. The van der Waals surface area contributed by atoms with E-state index in [1.807, 2.05) is 50.2 Å². The van der Waals surface area contributed by atoms with Crippen LogP contribution in [0.25, 0.3) is 0 Å². The van der Waals surface area contributed by atoms with E-state index in [0.29, 0.717) is 18.0 Å². The number of hydrogen-bond donors (Lipinski definition) is 0. The second-order valence-electron chi connectivity index (χ2n) is 4.71. The molecule has 0 N–H and O–H groups in total. The van der Waals surface area contributed by atoms with E-state index < -0.39 is 0 Å². The minimum absolute atomic E-state index is 0.119. The van der Waals surface area contributed by atoms with E-state index in [2.05, 4.69) is 10.2 Å². The first-order chi connectivity index (χ1) is 10.2. The van der Waals surface area contributed by atoms with Crippen molar-refractivity contribution in [3.63, 3.8) is 0 Å². The summed E-state index contributed by atoms with van der Waals surface area (Å²) in [5, 5.41) is 8.06. The normalized spacial score (nSPS) is 16.2. The van der Waals surface area contributed by atoms with Gasteiger partial charge in [-0.05, 0) is 32.0 Å². The molecule has 1 amide bonds. The van der Waals surface area contributed by atoms with Crippen molar-refractivity contribution in [1.29, 1.82) is 0 Å². The van der Waals surface area contributed by atoms with E-state index >= 15 is 0 Å². The lowest BCUT2D eigenvalue weighted by molar-refractivity contribution is -0.112. The second kappa shape index (κ2) is 5.36. The minimum Gasteiger partial charge on any atom is -0.460 e. The van der Waals surface area contributed by atoms with E-state index in [1.54, 1.807) is 4.90 Å². The van der Waals surface area contributed by atoms with Gasteiger partial charge < -0.3 is 9.32 Å². The van der Waals surface area contributed by atoms with E-state index in [4.69, 9.17) is 4.42 Å². The highest BCUT2D eigenvalue weighted by atomic mass is 16.3. The molecule has 5 nitrogen and oxygen atoms in total. The monoisotopic (exact) mass is 281 g/mol. The van der Waals surface area contributed by atoms with Gasteiger partial charge in [0.1, 0.15) is 11.5 Å². The highest BCUT2D eigenvalue weighted by Crippen LogP contribution is 2.28. The molecule has 2 aromatic rings. The average Bonchev–Trinajstić information content (AvgIpc) is 3.01. The molecule has 1 aliphatic heterocycles. The number of hydrogen-bond acceptors (Lipinski definition) is 4. The van der Waals surface area contributed by atoms with Gasteiger partial charge in [-0.15, -0.1) is 5.10 Å². The molecular weight excluding hydrogens is 266 g/mol. The van der Waals surface area contributed by atoms with Crippen molar-refractivity contribution in [3.8, 4) is 0 Å². The zero-order valence-corrected chi connectivity index (χ0v) is 11.9. The Morgan fingerprint density at radius 3 is 2.76 bits per heavy atom. The predicted molar refractivity (Wildman–Crippen MR) is 82.0 cm³/mol. The van der Waals surface area contributed by atoms with Gasteiger partial charge in [0.25, 0.3) is 5.91 Å². The van der Waals surface area contributed by atoms with Gasteiger partial charge >= 0.3 is 0 Å². The summed E-state index contributed by atoms with van der Waals surface area (Å²) < 4.78 is 5.37. The van der Waals surface area contributed by atoms with Crippen LogP contribution in [0.15, 0.2) is 51.0 Å². The number of rotatable bonds is 3. The third kappa shape index (κ3) is 2.38. The van der Waals surface area contributed by atoms with Crippen LogP contribution in [0.5, 0.6) is 0 Å². The fourth-order valence-corrected chi connectivity index (χ4v) is 2.34. The number of carbonyl (C=O) groups excluding carboxylic acids is 1. The van der Waals surface area contributed by atoms with Crippen LogP contribution in [0.2, 0.25) is 0 Å². The molecule has 0 saturated carbocycles. The zero-order valence-electron chi connectivity index (χ0n) is 11.9. The summed E-state index contributed by atoms with van der Waals surface area (Å²) in [5.74, 6) is 1.30. The topological polar surface area (TPSA) is 58.2 Å². The van der Waals surface area contributed by atoms with Crippen LogP contribution in [-0.4, -0.2) is 24.4 Å². The third-order valence-electron chi connectivity index (χ3n) is 3.32. The molecule has 106 valence electrons. The number of aryl methyl sites for hydroxylation is 1.